The van der Waals surface area contributed by atoms with Crippen LogP contribution in [0.4, 0.5) is 8.78 Å². The zero-order valence-corrected chi connectivity index (χ0v) is 15.6. The van der Waals surface area contributed by atoms with Crippen LogP contribution in [0.15, 0.2) is 60.9 Å². The highest BCUT2D eigenvalue weighted by Gasteiger charge is 2.13. The molecule has 0 unspecified atom stereocenters. The summed E-state index contributed by atoms with van der Waals surface area (Å²) >= 11 is 0. The van der Waals surface area contributed by atoms with Crippen LogP contribution in [0.1, 0.15) is 21.7 Å². The summed E-state index contributed by atoms with van der Waals surface area (Å²) in [4.78, 5) is 28.1. The molecule has 0 fully saturated rings. The lowest BCUT2D eigenvalue weighted by atomic mass is 10.2. The van der Waals surface area contributed by atoms with E-state index in [0.29, 0.717) is 25.6 Å². The summed E-state index contributed by atoms with van der Waals surface area (Å²) in [7, 11) is 0. The molecule has 0 atom stereocenters. The molecule has 8 heteroatoms. The smallest absolute Gasteiger partial charge is 0.254 e. The first-order valence-corrected chi connectivity index (χ1v) is 9.07. The minimum Gasteiger partial charge on any atom is -0.354 e. The maximum absolute atomic E-state index is 13.6. The van der Waals surface area contributed by atoms with Crippen molar-refractivity contribution in [2.24, 2.45) is 0 Å². The Kier molecular flexibility index (Phi) is 6.67. The van der Waals surface area contributed by atoms with Gasteiger partial charge in [0.1, 0.15) is 17.5 Å². The van der Waals surface area contributed by atoms with Gasteiger partial charge in [-0.25, -0.2) is 13.8 Å². The Bertz CT molecular complexity index is 989. The fourth-order valence-electron chi connectivity index (χ4n) is 2.80. The summed E-state index contributed by atoms with van der Waals surface area (Å²) in [6.07, 6.45) is 4.10. The van der Waals surface area contributed by atoms with Gasteiger partial charge in [0, 0.05) is 38.0 Å². The standard InChI is InChI=1S/C21H20F2N4O2/c22-16-6-7-17(18(23)12-16)21(29)26-13-20(28)25-9-8-19-24-10-11-27(19)14-15-4-2-1-3-5-15/h1-7,10-12H,8-9,13-14H2,(H,25,28)(H,26,29). The second kappa shape index (κ2) is 9.59. The number of imidazole rings is 1. The monoisotopic (exact) mass is 398 g/mol. The van der Waals surface area contributed by atoms with E-state index in [4.69, 9.17) is 0 Å². The fraction of sp³-hybridized carbons (Fsp3) is 0.190. The summed E-state index contributed by atoms with van der Waals surface area (Å²) < 4.78 is 28.5. The van der Waals surface area contributed by atoms with Crippen LogP contribution in [0.25, 0.3) is 0 Å². The third-order valence-electron chi connectivity index (χ3n) is 4.25. The quantitative estimate of drug-likeness (QED) is 0.611. The molecule has 0 aliphatic heterocycles. The SMILES string of the molecule is O=C(CNC(=O)c1ccc(F)cc1F)NCCc1nccn1Cc1ccccc1. The van der Waals surface area contributed by atoms with E-state index in [9.17, 15) is 18.4 Å². The summed E-state index contributed by atoms with van der Waals surface area (Å²) in [6.45, 7) is 0.711. The molecule has 1 aromatic heterocycles. The van der Waals surface area contributed by atoms with Crippen molar-refractivity contribution in [3.63, 3.8) is 0 Å². The number of nitrogens with zero attached hydrogens (tertiary/aromatic N) is 2. The van der Waals surface area contributed by atoms with Gasteiger partial charge in [0.2, 0.25) is 5.91 Å². The van der Waals surface area contributed by atoms with Gasteiger partial charge in [-0.05, 0) is 17.7 Å². The normalized spacial score (nSPS) is 10.6. The van der Waals surface area contributed by atoms with Crippen LogP contribution in [-0.2, 0) is 17.8 Å². The highest BCUT2D eigenvalue weighted by Crippen LogP contribution is 2.09. The molecule has 29 heavy (non-hydrogen) atoms. The first-order chi connectivity index (χ1) is 14.0. The van der Waals surface area contributed by atoms with Crippen molar-refractivity contribution in [2.45, 2.75) is 13.0 Å². The Morgan fingerprint density at radius 3 is 2.59 bits per heavy atom. The maximum Gasteiger partial charge on any atom is 0.254 e. The molecule has 3 aromatic rings. The minimum atomic E-state index is -0.979. The number of rotatable bonds is 8. The lowest BCUT2D eigenvalue weighted by Crippen LogP contribution is -2.38. The number of aromatic nitrogens is 2. The Hall–Kier alpha value is -3.55. The Balaban J connectivity index is 1.44. The van der Waals surface area contributed by atoms with Crippen LogP contribution in [-0.4, -0.2) is 34.5 Å². The van der Waals surface area contributed by atoms with E-state index in [0.717, 1.165) is 23.5 Å². The van der Waals surface area contributed by atoms with E-state index < -0.39 is 23.4 Å². The molecule has 3 rings (SSSR count). The van der Waals surface area contributed by atoms with Crippen LogP contribution in [0.3, 0.4) is 0 Å². The van der Waals surface area contributed by atoms with E-state index >= 15 is 0 Å². The van der Waals surface area contributed by atoms with Gasteiger partial charge < -0.3 is 15.2 Å². The lowest BCUT2D eigenvalue weighted by Gasteiger charge is -2.10. The average molecular weight is 398 g/mol. The van der Waals surface area contributed by atoms with Gasteiger partial charge >= 0.3 is 0 Å². The molecule has 0 saturated heterocycles. The number of hydrogen-bond acceptors (Lipinski definition) is 3. The van der Waals surface area contributed by atoms with Gasteiger partial charge in [0.05, 0.1) is 12.1 Å². The number of nitrogens with one attached hydrogen (secondary N) is 2. The van der Waals surface area contributed by atoms with E-state index in [-0.39, 0.29) is 12.1 Å². The largest absolute Gasteiger partial charge is 0.354 e. The molecule has 1 heterocycles. The molecule has 0 aliphatic carbocycles. The molecule has 2 N–H and O–H groups in total. The van der Waals surface area contributed by atoms with Gasteiger partial charge in [0.25, 0.3) is 5.91 Å². The predicted molar refractivity (Wildman–Crippen MR) is 103 cm³/mol. The molecule has 150 valence electrons. The Morgan fingerprint density at radius 1 is 1.03 bits per heavy atom. The number of carbonyl (C=O) groups is 2. The van der Waals surface area contributed by atoms with Crippen molar-refractivity contribution in [1.82, 2.24) is 20.2 Å². The Labute approximate surface area is 166 Å². The van der Waals surface area contributed by atoms with E-state index in [1.165, 1.54) is 0 Å². The van der Waals surface area contributed by atoms with Crippen molar-refractivity contribution in [2.75, 3.05) is 13.1 Å². The van der Waals surface area contributed by atoms with Crippen LogP contribution >= 0.6 is 0 Å². The summed E-state index contributed by atoms with van der Waals surface area (Å²) in [6, 6.07) is 12.6. The Morgan fingerprint density at radius 2 is 1.83 bits per heavy atom. The third kappa shape index (κ3) is 5.71. The number of benzene rings is 2. The molecular formula is C21H20F2N4O2. The van der Waals surface area contributed by atoms with Crippen molar-refractivity contribution >= 4 is 11.8 Å². The zero-order valence-electron chi connectivity index (χ0n) is 15.6. The van der Waals surface area contributed by atoms with Crippen LogP contribution in [0, 0.1) is 11.6 Å². The molecule has 0 aliphatic rings. The zero-order chi connectivity index (χ0) is 20.6. The van der Waals surface area contributed by atoms with Gasteiger partial charge in [-0.15, -0.1) is 0 Å². The van der Waals surface area contributed by atoms with Crippen molar-refractivity contribution in [3.8, 4) is 0 Å². The summed E-state index contributed by atoms with van der Waals surface area (Å²) in [5.41, 5.74) is 0.827. The number of halogens is 2. The maximum atomic E-state index is 13.6. The number of carbonyl (C=O) groups excluding carboxylic acids is 2. The minimum absolute atomic E-state index is 0.311. The number of hydrogen-bond donors (Lipinski definition) is 2. The molecule has 0 radical (unpaired) electrons. The van der Waals surface area contributed by atoms with Crippen molar-refractivity contribution < 1.29 is 18.4 Å². The average Bonchev–Trinajstić information content (AvgIpc) is 3.14. The summed E-state index contributed by atoms with van der Waals surface area (Å²) in [5, 5.41) is 4.99. The highest BCUT2D eigenvalue weighted by molar-refractivity contribution is 5.96. The second-order valence-electron chi connectivity index (χ2n) is 6.36. The summed E-state index contributed by atoms with van der Waals surface area (Å²) in [5.74, 6) is -2.12. The first kappa shape index (κ1) is 20.2. The molecule has 6 nitrogen and oxygen atoms in total. The highest BCUT2D eigenvalue weighted by atomic mass is 19.1. The predicted octanol–water partition coefficient (Wildman–Crippen LogP) is 2.30. The second-order valence-corrected chi connectivity index (χ2v) is 6.36. The van der Waals surface area contributed by atoms with Gasteiger partial charge in [-0.1, -0.05) is 30.3 Å². The van der Waals surface area contributed by atoms with Crippen LogP contribution < -0.4 is 10.6 Å². The molecular weight excluding hydrogens is 378 g/mol. The molecule has 0 bridgehead atoms. The third-order valence-corrected chi connectivity index (χ3v) is 4.25. The molecule has 0 spiro atoms. The number of amides is 2. The van der Waals surface area contributed by atoms with E-state index in [2.05, 4.69) is 15.6 Å². The molecule has 2 amide bonds. The van der Waals surface area contributed by atoms with Crippen molar-refractivity contribution in [3.05, 3.63) is 89.5 Å². The van der Waals surface area contributed by atoms with Crippen LogP contribution in [0.5, 0.6) is 0 Å². The first-order valence-electron chi connectivity index (χ1n) is 9.07. The van der Waals surface area contributed by atoms with Crippen LogP contribution in [0.2, 0.25) is 0 Å². The van der Waals surface area contributed by atoms with E-state index in [1.807, 2.05) is 41.1 Å². The van der Waals surface area contributed by atoms with Gasteiger partial charge in [-0.3, -0.25) is 9.59 Å². The lowest BCUT2D eigenvalue weighted by molar-refractivity contribution is -0.120. The van der Waals surface area contributed by atoms with Gasteiger partial charge in [-0.2, -0.15) is 0 Å². The topological polar surface area (TPSA) is 76.0 Å². The molecule has 0 saturated carbocycles. The van der Waals surface area contributed by atoms with Crippen molar-refractivity contribution in [1.29, 1.82) is 0 Å². The van der Waals surface area contributed by atoms with Gasteiger partial charge in [0.15, 0.2) is 0 Å². The fourth-order valence-corrected chi connectivity index (χ4v) is 2.80. The molecule has 2 aromatic carbocycles. The van der Waals surface area contributed by atoms with E-state index in [1.54, 1.807) is 6.20 Å².